The van der Waals surface area contributed by atoms with Gasteiger partial charge in [0.1, 0.15) is 30.8 Å². The molecule has 40 heavy (non-hydrogen) atoms. The highest BCUT2D eigenvalue weighted by Gasteiger charge is 2.48. The normalized spacial score (nSPS) is 26.7. The van der Waals surface area contributed by atoms with Crippen LogP contribution in [0.1, 0.15) is 5.56 Å². The molecule has 5 atom stereocenters. The van der Waals surface area contributed by atoms with E-state index in [2.05, 4.69) is 28.0 Å². The molecule has 0 spiro atoms. The van der Waals surface area contributed by atoms with Crippen LogP contribution in [0.15, 0.2) is 63.3 Å². The molecule has 3 aliphatic rings. The summed E-state index contributed by atoms with van der Waals surface area (Å²) in [6.45, 7) is 3.49. The van der Waals surface area contributed by atoms with Crippen LogP contribution in [0.2, 0.25) is 0 Å². The standard InChI is InChI=1S/C27H31N3O9S/c31-20(38-27-23(34)21(32)22(33)24(39-27)26(35)36)15-37-14-13-29-9-11-30(12-10-29)25-16-5-1-3-7-18(16)40-19-8-4-2-6-17(19)28-25/h1-8,21-24,27,32-34H,9-15H2,(H,35,36). The summed E-state index contributed by atoms with van der Waals surface area (Å²) in [5, 5.41) is 38.6. The summed E-state index contributed by atoms with van der Waals surface area (Å²) in [5.74, 6) is -1.50. The number of rotatable bonds is 7. The van der Waals surface area contributed by atoms with Crippen molar-refractivity contribution in [2.45, 2.75) is 40.5 Å². The number of amidine groups is 1. The van der Waals surface area contributed by atoms with Gasteiger partial charge in [-0.05, 0) is 18.2 Å². The molecule has 214 valence electrons. The average molecular weight is 574 g/mol. The van der Waals surface area contributed by atoms with E-state index in [9.17, 15) is 24.9 Å². The van der Waals surface area contributed by atoms with Gasteiger partial charge in [0.05, 0.1) is 12.3 Å². The lowest BCUT2D eigenvalue weighted by Crippen LogP contribution is -2.60. The molecule has 0 saturated carbocycles. The van der Waals surface area contributed by atoms with Crippen LogP contribution < -0.4 is 0 Å². The number of aliphatic carboxylic acids is 1. The fourth-order valence-corrected chi connectivity index (χ4v) is 5.77. The van der Waals surface area contributed by atoms with Crippen molar-refractivity contribution >= 4 is 35.2 Å². The number of aliphatic hydroxyl groups excluding tert-OH is 3. The number of hydrogen-bond donors (Lipinski definition) is 4. The van der Waals surface area contributed by atoms with Gasteiger partial charge in [0, 0.05) is 48.1 Å². The fourth-order valence-electron chi connectivity index (χ4n) is 4.76. The van der Waals surface area contributed by atoms with Gasteiger partial charge in [-0.25, -0.2) is 14.6 Å². The van der Waals surface area contributed by atoms with Crippen molar-refractivity contribution in [3.63, 3.8) is 0 Å². The molecule has 2 saturated heterocycles. The molecule has 12 nitrogen and oxygen atoms in total. The Morgan fingerprint density at radius 1 is 0.950 bits per heavy atom. The maximum absolute atomic E-state index is 12.1. The maximum atomic E-state index is 12.1. The van der Waals surface area contributed by atoms with Crippen molar-refractivity contribution in [3.05, 3.63) is 54.1 Å². The third-order valence-corrected chi connectivity index (χ3v) is 8.08. The van der Waals surface area contributed by atoms with Gasteiger partial charge in [-0.3, -0.25) is 4.90 Å². The van der Waals surface area contributed by atoms with Crippen LogP contribution in [-0.2, 0) is 23.8 Å². The van der Waals surface area contributed by atoms with Crippen LogP contribution in [0.4, 0.5) is 5.69 Å². The van der Waals surface area contributed by atoms with E-state index < -0.39 is 49.3 Å². The van der Waals surface area contributed by atoms with Crippen LogP contribution in [0.3, 0.4) is 0 Å². The van der Waals surface area contributed by atoms with Crippen LogP contribution in [0, 0.1) is 0 Å². The molecule has 2 fully saturated rings. The Kier molecular flexibility index (Phi) is 9.00. The molecular formula is C27H31N3O9S. The van der Waals surface area contributed by atoms with Crippen LogP contribution in [0.5, 0.6) is 0 Å². The Morgan fingerprint density at radius 3 is 2.40 bits per heavy atom. The zero-order valence-corrected chi connectivity index (χ0v) is 22.4. The molecule has 2 aromatic carbocycles. The fraction of sp³-hybridized carbons (Fsp3) is 0.444. The van der Waals surface area contributed by atoms with E-state index in [-0.39, 0.29) is 6.61 Å². The van der Waals surface area contributed by atoms with Gasteiger partial charge in [0.2, 0.25) is 6.29 Å². The topological polar surface area (TPSA) is 162 Å². The quantitative estimate of drug-likeness (QED) is 0.265. The Labute approximate surface area is 234 Å². The third-order valence-electron chi connectivity index (χ3n) is 6.94. The van der Waals surface area contributed by atoms with Crippen LogP contribution >= 0.6 is 11.8 Å². The minimum Gasteiger partial charge on any atom is -0.479 e. The molecule has 0 amide bonds. The SMILES string of the molecule is O=C(COCCN1CCN(C2=Nc3ccccc3Sc3ccccc32)CC1)OC1OC(C(=O)O)C(O)C(O)C1O. The first-order valence-corrected chi connectivity index (χ1v) is 13.8. The number of carbonyl (C=O) groups excluding carboxylic acids is 1. The first kappa shape index (κ1) is 28.5. The van der Waals surface area contributed by atoms with Crippen LogP contribution in [-0.4, -0.2) is 125 Å². The Hall–Kier alpha value is -3.04. The second-order valence-corrected chi connectivity index (χ2v) is 10.7. The number of carboxylic acid groups (broad SMARTS) is 1. The van der Waals surface area contributed by atoms with E-state index in [1.165, 1.54) is 4.90 Å². The molecule has 0 aromatic heterocycles. The van der Waals surface area contributed by atoms with Crippen molar-refractivity contribution in [1.29, 1.82) is 0 Å². The lowest BCUT2D eigenvalue weighted by Gasteiger charge is -2.38. The van der Waals surface area contributed by atoms with E-state index >= 15 is 0 Å². The molecular weight excluding hydrogens is 542 g/mol. The second-order valence-electron chi connectivity index (χ2n) is 9.61. The average Bonchev–Trinajstić information content (AvgIpc) is 3.12. The molecule has 5 rings (SSSR count). The summed E-state index contributed by atoms with van der Waals surface area (Å²) in [6.07, 6.45) is -9.10. The molecule has 13 heteroatoms. The van der Waals surface area contributed by atoms with E-state index in [0.29, 0.717) is 6.54 Å². The first-order chi connectivity index (χ1) is 19.3. The number of nitrogens with zero attached hydrogens (tertiary/aromatic N) is 3. The Bertz CT molecular complexity index is 1250. The number of carbonyl (C=O) groups is 2. The third kappa shape index (κ3) is 6.31. The monoisotopic (exact) mass is 573 g/mol. The molecule has 0 bridgehead atoms. The molecule has 4 N–H and O–H groups in total. The summed E-state index contributed by atoms with van der Waals surface area (Å²) in [5.41, 5.74) is 2.07. The van der Waals surface area contributed by atoms with E-state index in [0.717, 1.165) is 48.2 Å². The van der Waals surface area contributed by atoms with Crippen molar-refractivity contribution in [2.75, 3.05) is 45.9 Å². The molecule has 0 radical (unpaired) electrons. The number of ether oxygens (including phenoxy) is 3. The second kappa shape index (κ2) is 12.6. The van der Waals surface area contributed by atoms with Crippen molar-refractivity contribution < 1.29 is 44.2 Å². The van der Waals surface area contributed by atoms with Gasteiger partial charge in [0.25, 0.3) is 0 Å². The number of hydrogen-bond acceptors (Lipinski definition) is 12. The highest BCUT2D eigenvalue weighted by molar-refractivity contribution is 7.99. The largest absolute Gasteiger partial charge is 0.479 e. The summed E-state index contributed by atoms with van der Waals surface area (Å²) in [6, 6.07) is 16.4. The zero-order chi connectivity index (χ0) is 28.2. The van der Waals surface area contributed by atoms with Gasteiger partial charge in [-0.1, -0.05) is 42.1 Å². The first-order valence-electron chi connectivity index (χ1n) is 12.9. The van der Waals surface area contributed by atoms with Crippen molar-refractivity contribution in [3.8, 4) is 0 Å². The highest BCUT2D eigenvalue weighted by Crippen LogP contribution is 2.40. The zero-order valence-electron chi connectivity index (χ0n) is 21.5. The predicted molar refractivity (Wildman–Crippen MR) is 142 cm³/mol. The van der Waals surface area contributed by atoms with E-state index in [1.807, 2.05) is 30.3 Å². The Morgan fingerprint density at radius 2 is 1.65 bits per heavy atom. The summed E-state index contributed by atoms with van der Waals surface area (Å²) >= 11 is 1.72. The van der Waals surface area contributed by atoms with Crippen molar-refractivity contribution in [1.82, 2.24) is 9.80 Å². The number of fused-ring (bicyclic) bond motifs is 2. The molecule has 0 aliphatic carbocycles. The number of aliphatic imine (C=N–C) groups is 1. The van der Waals surface area contributed by atoms with Crippen LogP contribution in [0.25, 0.3) is 0 Å². The minimum atomic E-state index is -1.86. The molecule has 3 aliphatic heterocycles. The number of piperazine rings is 1. The van der Waals surface area contributed by atoms with Gasteiger partial charge >= 0.3 is 11.9 Å². The summed E-state index contributed by atoms with van der Waals surface area (Å²) in [4.78, 5) is 35.2. The highest BCUT2D eigenvalue weighted by atomic mass is 32.2. The lowest BCUT2D eigenvalue weighted by molar-refractivity contribution is -0.287. The summed E-state index contributed by atoms with van der Waals surface area (Å²) < 4.78 is 15.3. The Balaban J connectivity index is 1.08. The van der Waals surface area contributed by atoms with Crippen molar-refractivity contribution in [2.24, 2.45) is 4.99 Å². The van der Waals surface area contributed by atoms with Gasteiger partial charge < -0.3 is 39.5 Å². The number of benzene rings is 2. The van der Waals surface area contributed by atoms with Gasteiger partial charge in [0.15, 0.2) is 6.10 Å². The van der Waals surface area contributed by atoms with E-state index in [4.69, 9.17) is 24.3 Å². The number of esters is 1. The predicted octanol–water partition coefficient (Wildman–Crippen LogP) is 0.299. The maximum Gasteiger partial charge on any atom is 0.335 e. The molecule has 5 unspecified atom stereocenters. The number of para-hydroxylation sites is 1. The van der Waals surface area contributed by atoms with E-state index in [1.54, 1.807) is 11.8 Å². The smallest absolute Gasteiger partial charge is 0.335 e. The lowest BCUT2D eigenvalue weighted by atomic mass is 9.99. The summed E-state index contributed by atoms with van der Waals surface area (Å²) in [7, 11) is 0. The number of carboxylic acids is 1. The minimum absolute atomic E-state index is 0.246. The molecule has 2 aromatic rings. The molecule has 3 heterocycles. The van der Waals surface area contributed by atoms with Gasteiger partial charge in [-0.15, -0.1) is 0 Å². The van der Waals surface area contributed by atoms with Gasteiger partial charge in [-0.2, -0.15) is 0 Å². The number of aliphatic hydroxyl groups is 3.